The number of benzene rings is 1. The molecule has 0 spiro atoms. The number of piperidine rings is 2. The van der Waals surface area contributed by atoms with E-state index < -0.39 is 0 Å². The number of hydrogen-bond acceptors (Lipinski definition) is 5. The van der Waals surface area contributed by atoms with Gasteiger partial charge >= 0.3 is 6.03 Å². The SMILES string of the molecule is Cc1cc(C#N)nc(C)c1C(=O)N1CCC(C)(N2CCC(N3C(=O)N(C)C[C@H]3c3ccccc3)CC2)CC1. The average molecular weight is 515 g/mol. The number of carbonyl (C=O) groups excluding carboxylic acids is 2. The zero-order valence-corrected chi connectivity index (χ0v) is 23.0. The summed E-state index contributed by atoms with van der Waals surface area (Å²) in [4.78, 5) is 39.3. The van der Waals surface area contributed by atoms with E-state index in [0.29, 0.717) is 30.0 Å². The number of amides is 3. The maximum absolute atomic E-state index is 13.4. The Morgan fingerprint density at radius 3 is 2.34 bits per heavy atom. The largest absolute Gasteiger partial charge is 0.338 e. The molecule has 0 saturated carbocycles. The van der Waals surface area contributed by atoms with Gasteiger partial charge in [-0.05, 0) is 63.6 Å². The lowest BCUT2D eigenvalue weighted by Gasteiger charge is -2.50. The van der Waals surface area contributed by atoms with Crippen molar-refractivity contribution in [1.29, 1.82) is 5.26 Å². The Labute approximate surface area is 225 Å². The van der Waals surface area contributed by atoms with Gasteiger partial charge in [-0.25, -0.2) is 9.78 Å². The zero-order valence-electron chi connectivity index (χ0n) is 23.0. The predicted molar refractivity (Wildman–Crippen MR) is 146 cm³/mol. The van der Waals surface area contributed by atoms with Crippen LogP contribution in [0.1, 0.15) is 71.5 Å². The first-order valence-corrected chi connectivity index (χ1v) is 13.7. The van der Waals surface area contributed by atoms with E-state index in [1.807, 2.05) is 36.8 Å². The van der Waals surface area contributed by atoms with Crippen LogP contribution in [0.4, 0.5) is 4.79 Å². The highest BCUT2D eigenvalue weighted by Crippen LogP contribution is 2.37. The third-order valence-corrected chi connectivity index (χ3v) is 8.99. The fraction of sp³-hybridized carbons (Fsp3) is 0.533. The van der Waals surface area contributed by atoms with Crippen LogP contribution in [0.2, 0.25) is 0 Å². The van der Waals surface area contributed by atoms with E-state index in [1.54, 1.807) is 6.07 Å². The molecule has 200 valence electrons. The second-order valence-corrected chi connectivity index (χ2v) is 11.4. The number of pyridine rings is 1. The van der Waals surface area contributed by atoms with E-state index in [4.69, 9.17) is 0 Å². The van der Waals surface area contributed by atoms with Crippen LogP contribution < -0.4 is 0 Å². The molecular formula is C30H38N6O2. The summed E-state index contributed by atoms with van der Waals surface area (Å²) in [5.74, 6) is 0.0152. The molecule has 0 aliphatic carbocycles. The molecule has 2 aromatic rings. The minimum absolute atomic E-state index is 0.0152. The third kappa shape index (κ3) is 4.76. The highest BCUT2D eigenvalue weighted by atomic mass is 16.2. The lowest BCUT2D eigenvalue weighted by Crippen LogP contribution is -2.58. The molecule has 3 aliphatic rings. The summed E-state index contributed by atoms with van der Waals surface area (Å²) in [5.41, 5.74) is 3.66. The molecule has 0 radical (unpaired) electrons. The molecule has 1 aromatic heterocycles. The van der Waals surface area contributed by atoms with E-state index >= 15 is 0 Å². The molecule has 1 aromatic carbocycles. The van der Waals surface area contributed by atoms with Crippen LogP contribution in [0.15, 0.2) is 36.4 Å². The molecule has 3 fully saturated rings. The first kappa shape index (κ1) is 26.2. The molecule has 38 heavy (non-hydrogen) atoms. The molecule has 1 atom stereocenters. The van der Waals surface area contributed by atoms with Crippen LogP contribution in [0, 0.1) is 25.2 Å². The number of aromatic nitrogens is 1. The fourth-order valence-electron chi connectivity index (χ4n) is 6.67. The number of urea groups is 1. The first-order valence-electron chi connectivity index (χ1n) is 13.7. The van der Waals surface area contributed by atoms with Gasteiger partial charge in [0, 0.05) is 51.4 Å². The van der Waals surface area contributed by atoms with E-state index in [1.165, 1.54) is 5.56 Å². The number of nitrogens with zero attached hydrogens (tertiary/aromatic N) is 6. The number of aryl methyl sites for hydroxylation is 2. The number of hydrogen-bond donors (Lipinski definition) is 0. The van der Waals surface area contributed by atoms with Gasteiger partial charge in [0.05, 0.1) is 17.3 Å². The Morgan fingerprint density at radius 2 is 1.74 bits per heavy atom. The van der Waals surface area contributed by atoms with E-state index in [0.717, 1.165) is 50.9 Å². The van der Waals surface area contributed by atoms with Crippen LogP contribution >= 0.6 is 0 Å². The number of rotatable bonds is 4. The van der Waals surface area contributed by atoms with Crippen LogP contribution in [0.5, 0.6) is 0 Å². The maximum Gasteiger partial charge on any atom is 0.320 e. The van der Waals surface area contributed by atoms with Crippen molar-refractivity contribution in [2.45, 2.75) is 64.1 Å². The van der Waals surface area contributed by atoms with Crippen molar-refractivity contribution in [2.75, 3.05) is 39.8 Å². The number of carbonyl (C=O) groups is 2. The van der Waals surface area contributed by atoms with Gasteiger partial charge in [-0.3, -0.25) is 9.69 Å². The lowest BCUT2D eigenvalue weighted by atomic mass is 9.85. The van der Waals surface area contributed by atoms with Gasteiger partial charge in [-0.1, -0.05) is 30.3 Å². The topological polar surface area (TPSA) is 83.8 Å². The normalized spacial score (nSPS) is 22.6. The summed E-state index contributed by atoms with van der Waals surface area (Å²) in [6, 6.07) is 14.7. The summed E-state index contributed by atoms with van der Waals surface area (Å²) in [7, 11) is 1.90. The van der Waals surface area contributed by atoms with Crippen LogP contribution in [-0.4, -0.2) is 87.9 Å². The second kappa shape index (κ2) is 10.4. The monoisotopic (exact) mass is 514 g/mol. The van der Waals surface area contributed by atoms with Gasteiger partial charge < -0.3 is 14.7 Å². The average Bonchev–Trinajstić information content (AvgIpc) is 3.23. The molecular weight excluding hydrogens is 476 g/mol. The highest BCUT2D eigenvalue weighted by molar-refractivity contribution is 5.96. The minimum Gasteiger partial charge on any atom is -0.338 e. The highest BCUT2D eigenvalue weighted by Gasteiger charge is 2.44. The van der Waals surface area contributed by atoms with Crippen molar-refractivity contribution in [3.63, 3.8) is 0 Å². The molecule has 3 saturated heterocycles. The van der Waals surface area contributed by atoms with Crippen LogP contribution in [0.25, 0.3) is 0 Å². The first-order chi connectivity index (χ1) is 18.2. The summed E-state index contributed by atoms with van der Waals surface area (Å²) < 4.78 is 0. The van der Waals surface area contributed by atoms with Gasteiger partial charge in [0.1, 0.15) is 11.8 Å². The van der Waals surface area contributed by atoms with Gasteiger partial charge in [-0.15, -0.1) is 0 Å². The molecule has 0 N–H and O–H groups in total. The van der Waals surface area contributed by atoms with Gasteiger partial charge in [0.25, 0.3) is 5.91 Å². The second-order valence-electron chi connectivity index (χ2n) is 11.4. The van der Waals surface area contributed by atoms with Crippen molar-refractivity contribution in [3.8, 4) is 6.07 Å². The number of likely N-dealkylation sites (N-methyl/N-ethyl adjacent to an activating group) is 1. The molecule has 8 nitrogen and oxygen atoms in total. The van der Waals surface area contributed by atoms with Crippen molar-refractivity contribution in [3.05, 3.63) is 64.5 Å². The number of likely N-dealkylation sites (tertiary alicyclic amines) is 2. The molecule has 8 heteroatoms. The summed E-state index contributed by atoms with van der Waals surface area (Å²) in [5, 5.41) is 9.18. The van der Waals surface area contributed by atoms with Crippen LogP contribution in [-0.2, 0) is 0 Å². The van der Waals surface area contributed by atoms with Crippen molar-refractivity contribution in [1.82, 2.24) is 24.6 Å². The lowest BCUT2D eigenvalue weighted by molar-refractivity contribution is 0.00496. The molecule has 4 heterocycles. The minimum atomic E-state index is 0.0152. The van der Waals surface area contributed by atoms with Crippen molar-refractivity contribution >= 4 is 11.9 Å². The standard InChI is InChI=1S/C30H38N6O2/c1-21-18-24(19-31)32-22(2)27(21)28(37)34-16-12-30(3,13-17-34)35-14-10-25(11-15-35)36-26(20-33(4)29(36)38)23-8-6-5-7-9-23/h5-9,18,25-26H,10-17,20H2,1-4H3/t26-/m0/s1. The Morgan fingerprint density at radius 1 is 1.08 bits per heavy atom. The van der Waals surface area contributed by atoms with Crippen molar-refractivity contribution in [2.24, 2.45) is 0 Å². The van der Waals surface area contributed by atoms with Gasteiger partial charge in [0.2, 0.25) is 0 Å². The van der Waals surface area contributed by atoms with E-state index in [9.17, 15) is 14.9 Å². The Hall–Kier alpha value is -3.44. The van der Waals surface area contributed by atoms with Gasteiger partial charge in [0.15, 0.2) is 0 Å². The maximum atomic E-state index is 13.4. The summed E-state index contributed by atoms with van der Waals surface area (Å²) in [6.07, 6.45) is 3.78. The molecule has 3 aliphatic heterocycles. The molecule has 0 bridgehead atoms. The molecule has 5 rings (SSSR count). The smallest absolute Gasteiger partial charge is 0.320 e. The Bertz CT molecular complexity index is 1220. The van der Waals surface area contributed by atoms with E-state index in [-0.39, 0.29) is 29.6 Å². The van der Waals surface area contributed by atoms with Crippen LogP contribution in [0.3, 0.4) is 0 Å². The molecule has 0 unspecified atom stereocenters. The molecule has 3 amide bonds. The summed E-state index contributed by atoms with van der Waals surface area (Å²) >= 11 is 0. The van der Waals surface area contributed by atoms with Gasteiger partial charge in [-0.2, -0.15) is 5.26 Å². The third-order valence-electron chi connectivity index (χ3n) is 8.99. The Balaban J connectivity index is 1.21. The Kier molecular flexibility index (Phi) is 7.15. The summed E-state index contributed by atoms with van der Waals surface area (Å²) in [6.45, 7) is 10.1. The number of nitriles is 1. The quantitative estimate of drug-likeness (QED) is 0.612. The van der Waals surface area contributed by atoms with E-state index in [2.05, 4.69) is 52.0 Å². The fourth-order valence-corrected chi connectivity index (χ4v) is 6.67. The zero-order chi connectivity index (χ0) is 27.0. The predicted octanol–water partition coefficient (Wildman–Crippen LogP) is 4.14. The van der Waals surface area contributed by atoms with Crippen molar-refractivity contribution < 1.29 is 9.59 Å².